The van der Waals surface area contributed by atoms with Crippen LogP contribution in [0.1, 0.15) is 30.4 Å². The molecular weight excluding hydrogens is 431 g/mol. The number of halogens is 3. The van der Waals surface area contributed by atoms with E-state index in [-0.39, 0.29) is 18.2 Å². The average Bonchev–Trinajstić information content (AvgIpc) is 3.41. The Morgan fingerprint density at radius 1 is 1.06 bits per heavy atom. The predicted octanol–water partition coefficient (Wildman–Crippen LogP) is 5.75. The summed E-state index contributed by atoms with van der Waals surface area (Å²) in [4.78, 5) is 35.4. The third-order valence-electron chi connectivity index (χ3n) is 4.80. The Morgan fingerprint density at radius 2 is 1.68 bits per heavy atom. The Morgan fingerprint density at radius 3 is 2.23 bits per heavy atom. The second-order valence-corrected chi connectivity index (χ2v) is 10.0. The molecule has 2 atom stereocenters. The van der Waals surface area contributed by atoms with E-state index in [0.29, 0.717) is 21.8 Å². The first-order valence-electron chi connectivity index (χ1n) is 9.25. The molecule has 0 fully saturated rings. The molecule has 2 aromatic carbocycles. The quantitative estimate of drug-likeness (QED) is 0.526. The van der Waals surface area contributed by atoms with Crippen LogP contribution in [0.5, 0.6) is 0 Å². The molecule has 0 radical (unpaired) electrons. The minimum Gasteiger partial charge on any atom is -0.326 e. The molecule has 1 aliphatic heterocycles. The van der Waals surface area contributed by atoms with E-state index in [0.717, 1.165) is 12.1 Å². The van der Waals surface area contributed by atoms with Gasteiger partial charge in [-0.1, -0.05) is 35.3 Å². The molecule has 2 unspecified atom stereocenters. The summed E-state index contributed by atoms with van der Waals surface area (Å²) in [6.07, 6.45) is -2.81. The smallest absolute Gasteiger partial charge is 0.326 e. The van der Waals surface area contributed by atoms with Gasteiger partial charge in [0, 0.05) is 17.8 Å². The van der Waals surface area contributed by atoms with Crippen LogP contribution in [0.4, 0.5) is 24.5 Å². The number of nitrogens with zero attached hydrogens (tertiary/aromatic N) is 1. The van der Waals surface area contributed by atoms with Crippen molar-refractivity contribution in [2.75, 3.05) is 16.9 Å². The Kier molecular flexibility index (Phi) is 6.21. The summed E-state index contributed by atoms with van der Waals surface area (Å²) in [5.74, 6) is -1.14. The number of carbonyl (C=O) groups excluding carboxylic acids is 2. The average molecular weight is 451 g/mol. The van der Waals surface area contributed by atoms with E-state index in [4.69, 9.17) is 0 Å². The van der Waals surface area contributed by atoms with Gasteiger partial charge < -0.3 is 10.6 Å². The van der Waals surface area contributed by atoms with E-state index in [2.05, 4.69) is 15.2 Å². The van der Waals surface area contributed by atoms with E-state index >= 15 is 0 Å². The summed E-state index contributed by atoms with van der Waals surface area (Å²) >= 11 is 0. The van der Waals surface area contributed by atoms with E-state index in [9.17, 15) is 27.7 Å². The van der Waals surface area contributed by atoms with Crippen molar-refractivity contribution in [1.29, 1.82) is 0 Å². The maximum Gasteiger partial charge on any atom is 0.416 e. The van der Waals surface area contributed by atoms with Crippen molar-refractivity contribution in [2.45, 2.75) is 25.4 Å². The number of rotatable bonds is 7. The standard InChI is InChI=1S/C21H20F3N3O3S/c1-13(14-4-3-5-15(11-14)21(22,23)24)10-19(28)25-16-6-8-17(9-7-16)26-20(29)18-12-31(18,2)27-30/h3-9,11-13H,10H2,1-2H3,(H,25,28)(H,26,29). The molecular formula is C21H20F3N3O3S. The first kappa shape index (κ1) is 22.5. The topological polar surface area (TPSA) is 87.6 Å². The van der Waals surface area contributed by atoms with Crippen LogP contribution in [0.2, 0.25) is 0 Å². The van der Waals surface area contributed by atoms with Crippen molar-refractivity contribution in [3.8, 4) is 0 Å². The first-order valence-corrected chi connectivity index (χ1v) is 11.3. The molecule has 0 bridgehead atoms. The van der Waals surface area contributed by atoms with Crippen LogP contribution < -0.4 is 10.6 Å². The lowest BCUT2D eigenvalue weighted by atomic mass is 9.95. The van der Waals surface area contributed by atoms with Crippen molar-refractivity contribution in [2.24, 2.45) is 4.58 Å². The number of hydrogen-bond acceptors (Lipinski definition) is 4. The van der Waals surface area contributed by atoms with Crippen LogP contribution in [0, 0.1) is 4.91 Å². The number of nitrogens with one attached hydrogen (secondary N) is 2. The van der Waals surface area contributed by atoms with Crippen molar-refractivity contribution in [3.63, 3.8) is 0 Å². The monoisotopic (exact) mass is 451 g/mol. The number of hydrogen-bond donors (Lipinski definition) is 2. The lowest BCUT2D eigenvalue weighted by molar-refractivity contribution is -0.137. The normalized spacial score (nSPS) is 20.6. The van der Waals surface area contributed by atoms with E-state index < -0.39 is 27.9 Å². The zero-order valence-electron chi connectivity index (χ0n) is 16.7. The van der Waals surface area contributed by atoms with Gasteiger partial charge in [0.15, 0.2) is 0 Å². The number of benzene rings is 2. The molecule has 0 saturated carbocycles. The Bertz CT molecular complexity index is 1050. The minimum atomic E-state index is -4.44. The first-order chi connectivity index (χ1) is 14.5. The Labute approximate surface area is 178 Å². The van der Waals surface area contributed by atoms with Crippen LogP contribution in [0.15, 0.2) is 63.4 Å². The third kappa shape index (κ3) is 5.52. The fourth-order valence-corrected chi connectivity index (χ4v) is 4.39. The number of nitroso groups, excluding NO2 is 1. The van der Waals surface area contributed by atoms with Gasteiger partial charge in [-0.2, -0.15) is 13.2 Å². The SMILES string of the molecule is CC(CC(=O)Nc1ccc(NC(=O)C2=CS2(C)N=O)cc1)c1cccc(C(F)(F)F)c1. The van der Waals surface area contributed by atoms with Gasteiger partial charge in [0.2, 0.25) is 5.91 Å². The highest BCUT2D eigenvalue weighted by Gasteiger charge is 2.41. The fourth-order valence-electron chi connectivity index (χ4n) is 2.95. The van der Waals surface area contributed by atoms with E-state index in [1.165, 1.54) is 6.07 Å². The third-order valence-corrected chi connectivity index (χ3v) is 6.75. The fraction of sp³-hybridized carbons (Fsp3) is 0.238. The molecule has 6 nitrogen and oxygen atoms in total. The molecule has 0 saturated heterocycles. The molecule has 2 amide bonds. The van der Waals surface area contributed by atoms with Crippen molar-refractivity contribution >= 4 is 33.4 Å². The highest BCUT2D eigenvalue weighted by Crippen LogP contribution is 2.68. The number of alkyl halides is 3. The van der Waals surface area contributed by atoms with Crippen LogP contribution >= 0.6 is 10.2 Å². The molecule has 2 aromatic rings. The highest BCUT2D eigenvalue weighted by atomic mass is 32.3. The van der Waals surface area contributed by atoms with Crippen molar-refractivity contribution in [3.05, 3.63) is 74.9 Å². The number of carbonyl (C=O) groups is 2. The van der Waals surface area contributed by atoms with E-state index in [1.807, 2.05) is 0 Å². The van der Waals surface area contributed by atoms with Gasteiger partial charge in [-0.05, 0) is 58.1 Å². The zero-order chi connectivity index (χ0) is 22.8. The Balaban J connectivity index is 1.54. The summed E-state index contributed by atoms with van der Waals surface area (Å²) in [7, 11) is -1.91. The number of amides is 2. The molecule has 1 aliphatic rings. The zero-order valence-corrected chi connectivity index (χ0v) is 17.5. The van der Waals surface area contributed by atoms with Crippen LogP contribution in [-0.4, -0.2) is 18.1 Å². The molecule has 0 aromatic heterocycles. The van der Waals surface area contributed by atoms with E-state index in [1.54, 1.807) is 48.9 Å². The molecule has 2 N–H and O–H groups in total. The summed E-state index contributed by atoms with van der Waals surface area (Å²) in [6.45, 7) is 1.68. The van der Waals surface area contributed by atoms with Gasteiger partial charge in [0.25, 0.3) is 5.91 Å². The molecule has 0 aliphatic carbocycles. The molecule has 0 spiro atoms. The van der Waals surface area contributed by atoms with Crippen LogP contribution in [-0.2, 0) is 15.8 Å². The predicted molar refractivity (Wildman–Crippen MR) is 116 cm³/mol. The maximum absolute atomic E-state index is 12.9. The number of anilines is 2. The summed E-state index contributed by atoms with van der Waals surface area (Å²) < 4.78 is 41.6. The van der Waals surface area contributed by atoms with Crippen molar-refractivity contribution < 1.29 is 22.8 Å². The van der Waals surface area contributed by atoms with Crippen LogP contribution in [0.3, 0.4) is 0 Å². The maximum atomic E-state index is 12.9. The van der Waals surface area contributed by atoms with Gasteiger partial charge in [-0.15, -0.1) is 4.91 Å². The van der Waals surface area contributed by atoms with Crippen LogP contribution in [0.25, 0.3) is 0 Å². The molecule has 1 heterocycles. The highest BCUT2D eigenvalue weighted by molar-refractivity contribution is 8.43. The summed E-state index contributed by atoms with van der Waals surface area (Å²) in [5.41, 5.74) is 0.648. The van der Waals surface area contributed by atoms with Gasteiger partial charge in [0.05, 0.1) is 10.5 Å². The molecule has 3 rings (SSSR count). The molecule has 31 heavy (non-hydrogen) atoms. The second kappa shape index (κ2) is 8.54. The molecule has 164 valence electrons. The summed E-state index contributed by atoms with van der Waals surface area (Å²) in [6, 6.07) is 11.3. The molecule has 10 heteroatoms. The lowest BCUT2D eigenvalue weighted by Crippen LogP contribution is -2.15. The minimum absolute atomic E-state index is 0.00794. The van der Waals surface area contributed by atoms with Gasteiger partial charge in [0.1, 0.15) is 0 Å². The largest absolute Gasteiger partial charge is 0.416 e. The lowest BCUT2D eigenvalue weighted by Gasteiger charge is -2.15. The van der Waals surface area contributed by atoms with Gasteiger partial charge in [-0.3, -0.25) is 9.59 Å². The second-order valence-electron chi connectivity index (χ2n) is 7.30. The Hall–Kier alpha value is -3.14. The van der Waals surface area contributed by atoms with Gasteiger partial charge in [-0.25, -0.2) is 0 Å². The summed E-state index contributed by atoms with van der Waals surface area (Å²) in [5, 5.41) is 6.89. The van der Waals surface area contributed by atoms with Gasteiger partial charge >= 0.3 is 6.18 Å². The van der Waals surface area contributed by atoms with Crippen molar-refractivity contribution in [1.82, 2.24) is 0 Å².